The average Bonchev–Trinajstić information content (AvgIpc) is 3.35. The number of carbonyl (C=O) groups excluding carboxylic acids is 1. The van der Waals surface area contributed by atoms with Crippen LogP contribution in [0.4, 0.5) is 5.69 Å². The van der Waals surface area contributed by atoms with E-state index >= 15 is 0 Å². The molecule has 2 heterocycles. The van der Waals surface area contributed by atoms with Crippen LogP contribution in [0.2, 0.25) is 0 Å². The number of aromatic nitrogens is 2. The standard InChI is InChI=1S/C22H25N3O3S/c1-15(16-4-5-16)25(17-6-8-18(27-3)9-7-17)21(26)20-11-10-19(28-20)14-29-22-23-12-13-24(22)2/h6-13,15-16H,4-5,14H2,1-3H3. The summed E-state index contributed by atoms with van der Waals surface area (Å²) >= 11 is 1.58. The predicted molar refractivity (Wildman–Crippen MR) is 113 cm³/mol. The van der Waals surface area contributed by atoms with Gasteiger partial charge in [-0.3, -0.25) is 4.79 Å². The lowest BCUT2D eigenvalue weighted by Gasteiger charge is -2.29. The Hall–Kier alpha value is -2.67. The Bertz CT molecular complexity index is 975. The second-order valence-electron chi connectivity index (χ2n) is 7.33. The first-order valence-corrected chi connectivity index (χ1v) is 10.7. The van der Waals surface area contributed by atoms with E-state index in [1.165, 1.54) is 0 Å². The summed E-state index contributed by atoms with van der Waals surface area (Å²) in [7, 11) is 3.59. The second kappa shape index (κ2) is 8.37. The fraction of sp³-hybridized carbons (Fsp3) is 0.364. The Balaban J connectivity index is 1.52. The Morgan fingerprint density at radius 3 is 2.69 bits per heavy atom. The summed E-state index contributed by atoms with van der Waals surface area (Å²) in [5.74, 6) is 2.95. The van der Waals surface area contributed by atoms with Gasteiger partial charge in [0.15, 0.2) is 10.9 Å². The lowest BCUT2D eigenvalue weighted by molar-refractivity contribution is 0.0947. The summed E-state index contributed by atoms with van der Waals surface area (Å²) in [6, 6.07) is 11.4. The molecule has 4 rings (SSSR count). The van der Waals surface area contributed by atoms with Crippen molar-refractivity contribution in [1.82, 2.24) is 9.55 Å². The third-order valence-electron chi connectivity index (χ3n) is 5.27. The van der Waals surface area contributed by atoms with E-state index in [2.05, 4.69) is 11.9 Å². The number of aryl methyl sites for hydroxylation is 1. The first kappa shape index (κ1) is 19.6. The molecule has 1 unspecified atom stereocenters. The van der Waals surface area contributed by atoms with Crippen LogP contribution in [0.1, 0.15) is 36.1 Å². The topological polar surface area (TPSA) is 60.5 Å². The molecule has 152 valence electrons. The van der Waals surface area contributed by atoms with Gasteiger partial charge in [-0.2, -0.15) is 0 Å². The first-order valence-electron chi connectivity index (χ1n) is 9.73. The number of benzene rings is 1. The molecule has 0 N–H and O–H groups in total. The fourth-order valence-electron chi connectivity index (χ4n) is 3.39. The fourth-order valence-corrected chi connectivity index (χ4v) is 4.21. The summed E-state index contributed by atoms with van der Waals surface area (Å²) in [6.07, 6.45) is 5.99. The minimum absolute atomic E-state index is 0.109. The maximum atomic E-state index is 13.4. The molecule has 6 nitrogen and oxygen atoms in total. The number of hydrogen-bond acceptors (Lipinski definition) is 5. The van der Waals surface area contributed by atoms with Crippen LogP contribution >= 0.6 is 11.8 Å². The summed E-state index contributed by atoms with van der Waals surface area (Å²) in [6.45, 7) is 2.11. The number of ether oxygens (including phenoxy) is 1. The van der Waals surface area contributed by atoms with E-state index in [-0.39, 0.29) is 11.9 Å². The zero-order valence-electron chi connectivity index (χ0n) is 16.9. The molecule has 1 saturated carbocycles. The van der Waals surface area contributed by atoms with Gasteiger partial charge >= 0.3 is 0 Å². The largest absolute Gasteiger partial charge is 0.497 e. The van der Waals surface area contributed by atoms with E-state index < -0.39 is 0 Å². The summed E-state index contributed by atoms with van der Waals surface area (Å²) < 4.78 is 13.1. The van der Waals surface area contributed by atoms with Crippen molar-refractivity contribution >= 4 is 23.4 Å². The van der Waals surface area contributed by atoms with Crippen molar-refractivity contribution in [3.8, 4) is 5.75 Å². The lowest BCUT2D eigenvalue weighted by Crippen LogP contribution is -2.40. The highest BCUT2D eigenvalue weighted by molar-refractivity contribution is 7.98. The van der Waals surface area contributed by atoms with E-state index in [9.17, 15) is 4.79 Å². The SMILES string of the molecule is COc1ccc(N(C(=O)c2ccc(CSc3nccn3C)o2)C(C)C2CC2)cc1. The van der Waals surface area contributed by atoms with Crippen LogP contribution in [-0.2, 0) is 12.8 Å². The molecule has 1 atom stereocenters. The van der Waals surface area contributed by atoms with Crippen molar-refractivity contribution in [2.45, 2.75) is 36.7 Å². The number of amides is 1. The maximum absolute atomic E-state index is 13.4. The monoisotopic (exact) mass is 411 g/mol. The molecule has 1 aliphatic carbocycles. The van der Waals surface area contributed by atoms with Gasteiger partial charge in [0.25, 0.3) is 5.91 Å². The number of thioether (sulfide) groups is 1. The summed E-state index contributed by atoms with van der Waals surface area (Å²) in [5.41, 5.74) is 0.857. The summed E-state index contributed by atoms with van der Waals surface area (Å²) in [4.78, 5) is 19.5. The molecule has 0 aliphatic heterocycles. The first-order chi connectivity index (χ1) is 14.1. The number of hydrogen-bond donors (Lipinski definition) is 0. The number of methoxy groups -OCH3 is 1. The van der Waals surface area contributed by atoms with Gasteiger partial charge in [0, 0.05) is 31.2 Å². The minimum Gasteiger partial charge on any atom is -0.497 e. The van der Waals surface area contributed by atoms with Gasteiger partial charge in [-0.1, -0.05) is 11.8 Å². The molecule has 1 aliphatic rings. The van der Waals surface area contributed by atoms with Crippen molar-refractivity contribution in [3.05, 3.63) is 60.3 Å². The van der Waals surface area contributed by atoms with E-state index in [1.807, 2.05) is 53.0 Å². The molecule has 29 heavy (non-hydrogen) atoms. The Kier molecular flexibility index (Phi) is 5.67. The van der Waals surface area contributed by atoms with Crippen molar-refractivity contribution in [3.63, 3.8) is 0 Å². The van der Waals surface area contributed by atoms with Crippen molar-refractivity contribution in [1.29, 1.82) is 0 Å². The van der Waals surface area contributed by atoms with E-state index in [1.54, 1.807) is 31.1 Å². The highest BCUT2D eigenvalue weighted by atomic mass is 32.2. The van der Waals surface area contributed by atoms with Crippen LogP contribution in [0, 0.1) is 5.92 Å². The molecule has 0 saturated heterocycles. The molecule has 1 amide bonds. The van der Waals surface area contributed by atoms with Crippen LogP contribution in [0.15, 0.2) is 58.4 Å². The van der Waals surface area contributed by atoms with Gasteiger partial charge in [0.1, 0.15) is 11.5 Å². The molecule has 3 aromatic rings. The number of nitrogens with zero attached hydrogens (tertiary/aromatic N) is 3. The van der Waals surface area contributed by atoms with Crippen LogP contribution in [-0.4, -0.2) is 28.6 Å². The van der Waals surface area contributed by atoms with Crippen LogP contribution < -0.4 is 9.64 Å². The molecule has 2 aromatic heterocycles. The van der Waals surface area contributed by atoms with Gasteiger partial charge < -0.3 is 18.6 Å². The number of carbonyl (C=O) groups is 1. The van der Waals surface area contributed by atoms with Gasteiger partial charge in [-0.05, 0) is 62.1 Å². The Morgan fingerprint density at radius 2 is 2.07 bits per heavy atom. The van der Waals surface area contributed by atoms with Gasteiger partial charge in [0.2, 0.25) is 0 Å². The minimum atomic E-state index is -0.109. The normalized spacial score (nSPS) is 14.6. The van der Waals surface area contributed by atoms with Gasteiger partial charge in [-0.15, -0.1) is 0 Å². The molecule has 7 heteroatoms. The van der Waals surface area contributed by atoms with Crippen LogP contribution in [0.5, 0.6) is 5.75 Å². The highest BCUT2D eigenvalue weighted by Crippen LogP contribution is 2.38. The zero-order chi connectivity index (χ0) is 20.4. The molecular weight excluding hydrogens is 386 g/mol. The van der Waals surface area contributed by atoms with Crippen molar-refractivity contribution < 1.29 is 13.9 Å². The average molecular weight is 412 g/mol. The van der Waals surface area contributed by atoms with Gasteiger partial charge in [0.05, 0.1) is 12.9 Å². The third-order valence-corrected chi connectivity index (χ3v) is 6.35. The third kappa shape index (κ3) is 4.34. The highest BCUT2D eigenvalue weighted by Gasteiger charge is 2.36. The molecule has 0 radical (unpaired) electrons. The van der Waals surface area contributed by atoms with Crippen LogP contribution in [0.25, 0.3) is 0 Å². The molecule has 0 bridgehead atoms. The molecule has 0 spiro atoms. The molecular formula is C22H25N3O3S. The number of imidazole rings is 1. The van der Waals surface area contributed by atoms with E-state index in [0.29, 0.717) is 17.4 Å². The smallest absolute Gasteiger partial charge is 0.294 e. The number of anilines is 1. The Labute approximate surface area is 174 Å². The molecule has 1 aromatic carbocycles. The quantitative estimate of drug-likeness (QED) is 0.500. The summed E-state index contributed by atoms with van der Waals surface area (Å²) in [5, 5.41) is 0.913. The van der Waals surface area contributed by atoms with Gasteiger partial charge in [-0.25, -0.2) is 4.98 Å². The number of furan rings is 1. The lowest BCUT2D eigenvalue weighted by atomic mass is 10.1. The zero-order valence-corrected chi connectivity index (χ0v) is 17.7. The van der Waals surface area contributed by atoms with Crippen LogP contribution in [0.3, 0.4) is 0 Å². The van der Waals surface area contributed by atoms with Crippen molar-refractivity contribution in [2.24, 2.45) is 13.0 Å². The van der Waals surface area contributed by atoms with E-state index in [4.69, 9.17) is 9.15 Å². The molecule has 1 fully saturated rings. The second-order valence-corrected chi connectivity index (χ2v) is 8.27. The predicted octanol–water partition coefficient (Wildman–Crippen LogP) is 4.76. The van der Waals surface area contributed by atoms with Crippen molar-refractivity contribution in [2.75, 3.05) is 12.0 Å². The van der Waals surface area contributed by atoms with E-state index in [0.717, 1.165) is 35.2 Å². The Morgan fingerprint density at radius 1 is 1.31 bits per heavy atom. The number of rotatable bonds is 8. The maximum Gasteiger partial charge on any atom is 0.294 e.